The third-order valence-corrected chi connectivity index (χ3v) is 3.71. The first-order valence-corrected chi connectivity index (χ1v) is 4.95. The molecule has 46 valence electrons. The van der Waals surface area contributed by atoms with E-state index in [2.05, 4.69) is 0 Å². The van der Waals surface area contributed by atoms with Gasteiger partial charge in [-0.2, -0.15) is 0 Å². The SMILES string of the molecule is CC(=S)SSC(C)=S. The molecular formula is C4H6S4. The van der Waals surface area contributed by atoms with Gasteiger partial charge in [-0.25, -0.2) is 0 Å². The molecule has 0 bridgehead atoms. The van der Waals surface area contributed by atoms with E-state index in [1.165, 1.54) is 0 Å². The van der Waals surface area contributed by atoms with E-state index in [1.807, 2.05) is 13.8 Å². The van der Waals surface area contributed by atoms with Crippen LogP contribution in [0.25, 0.3) is 0 Å². The van der Waals surface area contributed by atoms with Gasteiger partial charge in [0.1, 0.15) is 0 Å². The summed E-state index contributed by atoms with van der Waals surface area (Å²) >= 11 is 9.59. The molecule has 0 radical (unpaired) electrons. The van der Waals surface area contributed by atoms with Crippen LogP contribution in [0.5, 0.6) is 0 Å². The Morgan fingerprint density at radius 3 is 1.38 bits per heavy atom. The van der Waals surface area contributed by atoms with Crippen LogP contribution in [0.2, 0.25) is 0 Å². The second-order valence-corrected chi connectivity index (χ2v) is 5.45. The van der Waals surface area contributed by atoms with Crippen molar-refractivity contribution in [2.24, 2.45) is 0 Å². The van der Waals surface area contributed by atoms with Crippen molar-refractivity contribution in [3.8, 4) is 0 Å². The Labute approximate surface area is 68.2 Å². The predicted molar refractivity (Wildman–Crippen MR) is 51.7 cm³/mol. The molecule has 0 saturated carbocycles. The summed E-state index contributed by atoms with van der Waals surface area (Å²) in [7, 11) is 3.09. The van der Waals surface area contributed by atoms with E-state index < -0.39 is 0 Å². The number of hydrogen-bond donors (Lipinski definition) is 0. The van der Waals surface area contributed by atoms with E-state index in [0.29, 0.717) is 0 Å². The summed E-state index contributed by atoms with van der Waals surface area (Å²) in [5.41, 5.74) is 0. The fourth-order valence-corrected chi connectivity index (χ4v) is 1.67. The molecule has 0 aliphatic rings. The third kappa shape index (κ3) is 6.88. The molecular weight excluding hydrogens is 176 g/mol. The molecule has 0 aliphatic carbocycles. The molecule has 8 heavy (non-hydrogen) atoms. The molecule has 4 heteroatoms. The normalized spacial score (nSPS) is 8.75. The van der Waals surface area contributed by atoms with Gasteiger partial charge >= 0.3 is 0 Å². The number of thiocarbonyl (C=S) groups is 2. The Bertz CT molecular complexity index is 92.6. The molecule has 0 spiro atoms. The smallest absolute Gasteiger partial charge is 0.0560 e. The van der Waals surface area contributed by atoms with Crippen LogP contribution in [0.1, 0.15) is 13.8 Å². The highest BCUT2D eigenvalue weighted by Gasteiger charge is 1.90. The van der Waals surface area contributed by atoms with Crippen molar-refractivity contribution in [3.05, 3.63) is 0 Å². The van der Waals surface area contributed by atoms with E-state index >= 15 is 0 Å². The average molecular weight is 182 g/mol. The second kappa shape index (κ2) is 4.73. The van der Waals surface area contributed by atoms with Gasteiger partial charge in [-0.1, -0.05) is 24.4 Å². The van der Waals surface area contributed by atoms with Crippen molar-refractivity contribution in [2.75, 3.05) is 0 Å². The van der Waals surface area contributed by atoms with Gasteiger partial charge in [0.2, 0.25) is 0 Å². The molecule has 0 aromatic carbocycles. The maximum atomic E-state index is 4.80. The molecule has 0 atom stereocenters. The van der Waals surface area contributed by atoms with Crippen molar-refractivity contribution in [1.82, 2.24) is 0 Å². The first kappa shape index (κ1) is 8.88. The molecule has 0 aromatic heterocycles. The van der Waals surface area contributed by atoms with Crippen molar-refractivity contribution >= 4 is 54.4 Å². The maximum absolute atomic E-state index is 4.80. The number of hydrogen-bond acceptors (Lipinski definition) is 4. The van der Waals surface area contributed by atoms with Gasteiger partial charge in [-0.15, -0.1) is 0 Å². The minimum Gasteiger partial charge on any atom is -0.0768 e. The van der Waals surface area contributed by atoms with Gasteiger partial charge in [0.05, 0.1) is 8.39 Å². The molecule has 0 fully saturated rings. The second-order valence-electron chi connectivity index (χ2n) is 1.15. The lowest BCUT2D eigenvalue weighted by molar-refractivity contribution is 2.11. The zero-order valence-corrected chi connectivity index (χ0v) is 7.90. The molecule has 0 unspecified atom stereocenters. The molecule has 0 aromatic rings. The largest absolute Gasteiger partial charge is 0.0768 e. The summed E-state index contributed by atoms with van der Waals surface area (Å²) in [5.74, 6) is 0. The summed E-state index contributed by atoms with van der Waals surface area (Å²) in [6.07, 6.45) is 0. The summed E-state index contributed by atoms with van der Waals surface area (Å²) in [4.78, 5) is 0. The summed E-state index contributed by atoms with van der Waals surface area (Å²) in [5, 5.41) is 0. The highest BCUT2D eigenvalue weighted by Crippen LogP contribution is 2.23. The lowest BCUT2D eigenvalue weighted by atomic mass is 11.0. The first-order chi connectivity index (χ1) is 3.63. The van der Waals surface area contributed by atoms with E-state index in [0.717, 1.165) is 8.39 Å². The quantitative estimate of drug-likeness (QED) is 0.417. The first-order valence-electron chi connectivity index (χ1n) is 1.98. The topological polar surface area (TPSA) is 0 Å². The van der Waals surface area contributed by atoms with Crippen LogP contribution in [-0.2, 0) is 0 Å². The molecule has 0 rings (SSSR count). The standard InChI is InChI=1S/C4H6S4/c1-3(5)7-8-4(2)6/h1-2H3. The van der Waals surface area contributed by atoms with Gasteiger partial charge in [0, 0.05) is 0 Å². The van der Waals surface area contributed by atoms with Crippen molar-refractivity contribution in [1.29, 1.82) is 0 Å². The number of rotatable bonds is 0. The van der Waals surface area contributed by atoms with Gasteiger partial charge in [-0.05, 0) is 35.4 Å². The Balaban J connectivity index is 3.18. The third-order valence-electron chi connectivity index (χ3n) is 0.276. The van der Waals surface area contributed by atoms with Gasteiger partial charge in [0.15, 0.2) is 0 Å². The summed E-state index contributed by atoms with van der Waals surface area (Å²) < 4.78 is 1.86. The average Bonchev–Trinajstić information content (AvgIpc) is 1.61. The van der Waals surface area contributed by atoms with Crippen LogP contribution in [-0.4, -0.2) is 8.39 Å². The predicted octanol–water partition coefficient (Wildman–Crippen LogP) is 3.06. The van der Waals surface area contributed by atoms with E-state index in [4.69, 9.17) is 24.4 Å². The van der Waals surface area contributed by atoms with E-state index in [1.54, 1.807) is 21.6 Å². The fraction of sp³-hybridized carbons (Fsp3) is 0.500. The highest BCUT2D eigenvalue weighted by atomic mass is 33.1. The minimum absolute atomic E-state index is 0.930. The van der Waals surface area contributed by atoms with Crippen LogP contribution in [0.4, 0.5) is 0 Å². The summed E-state index contributed by atoms with van der Waals surface area (Å²) in [6.45, 7) is 3.79. The Morgan fingerprint density at radius 2 is 1.25 bits per heavy atom. The molecule has 0 amide bonds. The zero-order valence-electron chi connectivity index (χ0n) is 4.63. The zero-order chi connectivity index (χ0) is 6.57. The Kier molecular flexibility index (Phi) is 5.25. The van der Waals surface area contributed by atoms with Crippen LogP contribution < -0.4 is 0 Å². The van der Waals surface area contributed by atoms with Gasteiger partial charge < -0.3 is 0 Å². The maximum Gasteiger partial charge on any atom is 0.0560 e. The van der Waals surface area contributed by atoms with Crippen LogP contribution in [0.15, 0.2) is 0 Å². The highest BCUT2D eigenvalue weighted by molar-refractivity contribution is 8.89. The van der Waals surface area contributed by atoms with E-state index in [-0.39, 0.29) is 0 Å². The molecule has 0 heterocycles. The van der Waals surface area contributed by atoms with Crippen molar-refractivity contribution in [2.45, 2.75) is 13.8 Å². The Hall–Kier alpha value is 0.880. The monoisotopic (exact) mass is 182 g/mol. The molecule has 0 N–H and O–H groups in total. The summed E-state index contributed by atoms with van der Waals surface area (Å²) in [6, 6.07) is 0. The van der Waals surface area contributed by atoms with E-state index in [9.17, 15) is 0 Å². The lowest BCUT2D eigenvalue weighted by Crippen LogP contribution is -1.74. The van der Waals surface area contributed by atoms with Gasteiger partial charge in [0.25, 0.3) is 0 Å². The molecule has 0 nitrogen and oxygen atoms in total. The Morgan fingerprint density at radius 1 is 1.00 bits per heavy atom. The lowest BCUT2D eigenvalue weighted by Gasteiger charge is -1.91. The fourth-order valence-electron chi connectivity index (χ4n) is 0.117. The van der Waals surface area contributed by atoms with Crippen LogP contribution in [0.3, 0.4) is 0 Å². The van der Waals surface area contributed by atoms with Gasteiger partial charge in [-0.3, -0.25) is 0 Å². The molecule has 0 saturated heterocycles. The van der Waals surface area contributed by atoms with Crippen LogP contribution >= 0.6 is 46.0 Å². The van der Waals surface area contributed by atoms with Crippen molar-refractivity contribution in [3.63, 3.8) is 0 Å². The molecule has 0 aliphatic heterocycles. The minimum atomic E-state index is 0.930. The van der Waals surface area contributed by atoms with Crippen molar-refractivity contribution < 1.29 is 0 Å². The van der Waals surface area contributed by atoms with Crippen LogP contribution in [0, 0.1) is 0 Å².